The molecule has 0 saturated carbocycles. The highest BCUT2D eigenvalue weighted by Crippen LogP contribution is 2.25. The summed E-state index contributed by atoms with van der Waals surface area (Å²) in [6.45, 7) is 1.46. The van der Waals surface area contributed by atoms with E-state index in [4.69, 9.17) is 4.74 Å². The van der Waals surface area contributed by atoms with E-state index in [1.54, 1.807) is 0 Å². The van der Waals surface area contributed by atoms with E-state index in [1.165, 1.54) is 10.8 Å². The van der Waals surface area contributed by atoms with E-state index in [1.807, 2.05) is 12.1 Å². The Bertz CT molecular complexity index is 577. The van der Waals surface area contributed by atoms with E-state index in [0.717, 1.165) is 22.5 Å². The molecule has 0 spiro atoms. The lowest BCUT2D eigenvalue weighted by Crippen LogP contribution is -2.00. The number of benzene rings is 2. The standard InChI is InChI=1S/C13H10BrNO/c14-12-3-1-2-9-4-5-10(8-11(9)12)13-15-6-7-16-13/h1-5,8H,6-7H2. The molecule has 0 unspecified atom stereocenters. The maximum atomic E-state index is 5.46. The Morgan fingerprint density at radius 1 is 1.19 bits per heavy atom. The fourth-order valence-electron chi connectivity index (χ4n) is 1.88. The number of nitrogens with zero attached hydrogens (tertiary/aromatic N) is 1. The third kappa shape index (κ3) is 1.61. The second-order valence-corrected chi connectivity index (χ2v) is 4.57. The summed E-state index contributed by atoms with van der Waals surface area (Å²) in [4.78, 5) is 4.32. The zero-order valence-corrected chi connectivity index (χ0v) is 10.2. The molecule has 0 aliphatic carbocycles. The van der Waals surface area contributed by atoms with Gasteiger partial charge in [0.05, 0.1) is 6.54 Å². The highest BCUT2D eigenvalue weighted by Gasteiger charge is 2.10. The van der Waals surface area contributed by atoms with Crippen LogP contribution >= 0.6 is 15.9 Å². The van der Waals surface area contributed by atoms with Gasteiger partial charge in [-0.05, 0) is 29.0 Å². The van der Waals surface area contributed by atoms with Crippen LogP contribution in [0.3, 0.4) is 0 Å². The molecule has 0 fully saturated rings. The maximum Gasteiger partial charge on any atom is 0.216 e. The number of rotatable bonds is 1. The molecule has 0 aromatic heterocycles. The quantitative estimate of drug-likeness (QED) is 0.782. The molecular formula is C13H10BrNO. The van der Waals surface area contributed by atoms with Crippen molar-refractivity contribution in [1.82, 2.24) is 0 Å². The lowest BCUT2D eigenvalue weighted by Gasteiger charge is -2.05. The predicted octanol–water partition coefficient (Wildman–Crippen LogP) is 3.38. The van der Waals surface area contributed by atoms with Crippen molar-refractivity contribution >= 4 is 32.6 Å². The minimum atomic E-state index is 0.698. The molecule has 0 N–H and O–H groups in total. The van der Waals surface area contributed by atoms with Gasteiger partial charge in [0.1, 0.15) is 6.61 Å². The topological polar surface area (TPSA) is 21.6 Å². The van der Waals surface area contributed by atoms with Gasteiger partial charge in [0.15, 0.2) is 0 Å². The van der Waals surface area contributed by atoms with E-state index in [9.17, 15) is 0 Å². The van der Waals surface area contributed by atoms with Crippen LogP contribution in [-0.4, -0.2) is 19.0 Å². The minimum Gasteiger partial charge on any atom is -0.476 e. The Morgan fingerprint density at radius 3 is 2.94 bits per heavy atom. The van der Waals surface area contributed by atoms with Gasteiger partial charge in [-0.3, -0.25) is 0 Å². The molecule has 16 heavy (non-hydrogen) atoms. The summed E-state index contributed by atoms with van der Waals surface area (Å²) < 4.78 is 6.56. The Morgan fingerprint density at radius 2 is 2.12 bits per heavy atom. The summed E-state index contributed by atoms with van der Waals surface area (Å²) in [7, 11) is 0. The van der Waals surface area contributed by atoms with Crippen molar-refractivity contribution in [2.75, 3.05) is 13.2 Å². The van der Waals surface area contributed by atoms with E-state index >= 15 is 0 Å². The fourth-order valence-corrected chi connectivity index (χ4v) is 2.37. The molecule has 2 aromatic rings. The zero-order chi connectivity index (χ0) is 11.0. The van der Waals surface area contributed by atoms with Gasteiger partial charge >= 0.3 is 0 Å². The number of aliphatic imine (C=N–C) groups is 1. The van der Waals surface area contributed by atoms with Gasteiger partial charge < -0.3 is 4.74 Å². The fraction of sp³-hybridized carbons (Fsp3) is 0.154. The minimum absolute atomic E-state index is 0.698. The molecule has 1 heterocycles. The number of hydrogen-bond acceptors (Lipinski definition) is 2. The van der Waals surface area contributed by atoms with E-state index in [0.29, 0.717) is 6.61 Å². The average molecular weight is 276 g/mol. The van der Waals surface area contributed by atoms with Gasteiger partial charge in [-0.15, -0.1) is 0 Å². The second-order valence-electron chi connectivity index (χ2n) is 3.71. The maximum absolute atomic E-state index is 5.46. The molecule has 80 valence electrons. The number of fused-ring (bicyclic) bond motifs is 1. The average Bonchev–Trinajstić information content (AvgIpc) is 2.83. The van der Waals surface area contributed by atoms with Gasteiger partial charge in [-0.1, -0.05) is 34.1 Å². The molecule has 0 amide bonds. The van der Waals surface area contributed by atoms with Crippen molar-refractivity contribution in [1.29, 1.82) is 0 Å². The van der Waals surface area contributed by atoms with Gasteiger partial charge in [0.2, 0.25) is 5.90 Å². The van der Waals surface area contributed by atoms with E-state index in [2.05, 4.69) is 45.2 Å². The smallest absolute Gasteiger partial charge is 0.216 e. The highest BCUT2D eigenvalue weighted by atomic mass is 79.9. The third-order valence-corrected chi connectivity index (χ3v) is 3.35. The van der Waals surface area contributed by atoms with E-state index in [-0.39, 0.29) is 0 Å². The van der Waals surface area contributed by atoms with Crippen molar-refractivity contribution in [2.24, 2.45) is 4.99 Å². The van der Waals surface area contributed by atoms with Crippen LogP contribution in [0, 0.1) is 0 Å². The zero-order valence-electron chi connectivity index (χ0n) is 8.61. The molecule has 3 heteroatoms. The molecule has 2 nitrogen and oxygen atoms in total. The summed E-state index contributed by atoms with van der Waals surface area (Å²) in [5.41, 5.74) is 1.05. The molecule has 1 aliphatic heterocycles. The summed E-state index contributed by atoms with van der Waals surface area (Å²) >= 11 is 3.56. The van der Waals surface area contributed by atoms with Crippen LogP contribution in [0.1, 0.15) is 5.56 Å². The van der Waals surface area contributed by atoms with Crippen LogP contribution < -0.4 is 0 Å². The molecule has 1 aliphatic rings. The van der Waals surface area contributed by atoms with Gasteiger partial charge in [0.25, 0.3) is 0 Å². The Balaban J connectivity index is 2.18. The van der Waals surface area contributed by atoms with Crippen LogP contribution in [0.2, 0.25) is 0 Å². The lowest BCUT2D eigenvalue weighted by atomic mass is 10.1. The van der Waals surface area contributed by atoms with Crippen molar-refractivity contribution in [3.05, 3.63) is 46.4 Å². The van der Waals surface area contributed by atoms with Crippen LogP contribution in [0.25, 0.3) is 10.8 Å². The first-order valence-corrected chi connectivity index (χ1v) is 6.00. The summed E-state index contributed by atoms with van der Waals surface area (Å²) in [5.74, 6) is 0.762. The summed E-state index contributed by atoms with van der Waals surface area (Å²) in [6.07, 6.45) is 0. The predicted molar refractivity (Wildman–Crippen MR) is 69.0 cm³/mol. The van der Waals surface area contributed by atoms with Gasteiger partial charge in [-0.2, -0.15) is 0 Å². The normalized spacial score (nSPS) is 14.9. The van der Waals surface area contributed by atoms with Gasteiger partial charge in [-0.25, -0.2) is 4.99 Å². The lowest BCUT2D eigenvalue weighted by molar-refractivity contribution is 0.348. The van der Waals surface area contributed by atoms with Crippen molar-refractivity contribution in [3.8, 4) is 0 Å². The Hall–Kier alpha value is -1.35. The van der Waals surface area contributed by atoms with Crippen LogP contribution in [0.15, 0.2) is 45.9 Å². The SMILES string of the molecule is Brc1cccc2ccc(C3=NCCO3)cc12. The number of ether oxygens (including phenoxy) is 1. The first-order valence-electron chi connectivity index (χ1n) is 5.20. The van der Waals surface area contributed by atoms with E-state index < -0.39 is 0 Å². The molecule has 0 atom stereocenters. The van der Waals surface area contributed by atoms with Crippen LogP contribution in [0.4, 0.5) is 0 Å². The summed E-state index contributed by atoms with van der Waals surface area (Å²) in [6, 6.07) is 12.4. The summed E-state index contributed by atoms with van der Waals surface area (Å²) in [5, 5.41) is 2.41. The first-order chi connectivity index (χ1) is 7.84. The molecule has 3 rings (SSSR count). The molecule has 2 aromatic carbocycles. The number of hydrogen-bond donors (Lipinski definition) is 0. The highest BCUT2D eigenvalue weighted by molar-refractivity contribution is 9.10. The first kappa shape index (κ1) is 9.85. The third-order valence-electron chi connectivity index (χ3n) is 2.66. The monoisotopic (exact) mass is 275 g/mol. The molecule has 0 saturated heterocycles. The largest absolute Gasteiger partial charge is 0.476 e. The van der Waals surface area contributed by atoms with Crippen LogP contribution in [0.5, 0.6) is 0 Å². The second kappa shape index (κ2) is 3.91. The Labute approximate surface area is 102 Å². The molecule has 0 radical (unpaired) electrons. The van der Waals surface area contributed by atoms with Crippen molar-refractivity contribution in [3.63, 3.8) is 0 Å². The van der Waals surface area contributed by atoms with Gasteiger partial charge in [0, 0.05) is 10.0 Å². The van der Waals surface area contributed by atoms with Crippen LogP contribution in [-0.2, 0) is 4.74 Å². The Kier molecular flexibility index (Phi) is 2.40. The van der Waals surface area contributed by atoms with Crippen molar-refractivity contribution in [2.45, 2.75) is 0 Å². The number of halogens is 1. The molecule has 0 bridgehead atoms. The van der Waals surface area contributed by atoms with Crippen molar-refractivity contribution < 1.29 is 4.74 Å². The molecular weight excluding hydrogens is 266 g/mol.